The predicted octanol–water partition coefficient (Wildman–Crippen LogP) is 4.02. The summed E-state index contributed by atoms with van der Waals surface area (Å²) in [5.74, 6) is 1.73. The topological polar surface area (TPSA) is 50.4 Å². The number of hydrogen-bond acceptors (Lipinski definition) is 3. The van der Waals surface area contributed by atoms with Crippen LogP contribution in [-0.4, -0.2) is 16.8 Å². The molecule has 0 aliphatic rings. The summed E-state index contributed by atoms with van der Waals surface area (Å²) in [6.07, 6.45) is 0. The van der Waals surface area contributed by atoms with Gasteiger partial charge < -0.3 is 9.52 Å². The highest BCUT2D eigenvalue weighted by Crippen LogP contribution is 2.23. The SMILES string of the molecule is CC(C)CSCc1ccc2oc(C(=O)O)cc2c1. The number of aromatic carboxylic acids is 1. The Balaban J connectivity index is 2.14. The van der Waals surface area contributed by atoms with Crippen LogP contribution in [0.25, 0.3) is 11.0 Å². The molecule has 0 bridgehead atoms. The second-order valence-corrected chi connectivity index (χ2v) is 5.73. The summed E-state index contributed by atoms with van der Waals surface area (Å²) >= 11 is 1.89. The highest BCUT2D eigenvalue weighted by molar-refractivity contribution is 7.98. The van der Waals surface area contributed by atoms with Gasteiger partial charge in [-0.1, -0.05) is 19.9 Å². The lowest BCUT2D eigenvalue weighted by Crippen LogP contribution is -1.91. The summed E-state index contributed by atoms with van der Waals surface area (Å²) < 4.78 is 5.22. The molecular formula is C14H16O3S. The molecule has 0 aliphatic heterocycles. The van der Waals surface area contributed by atoms with Crippen LogP contribution in [0.4, 0.5) is 0 Å². The first kappa shape index (κ1) is 13.0. The van der Waals surface area contributed by atoms with Gasteiger partial charge in [-0.15, -0.1) is 0 Å². The Morgan fingerprint density at radius 2 is 2.17 bits per heavy atom. The number of carbonyl (C=O) groups is 1. The van der Waals surface area contributed by atoms with Gasteiger partial charge in [0, 0.05) is 11.1 Å². The van der Waals surface area contributed by atoms with Crippen LogP contribution >= 0.6 is 11.8 Å². The molecule has 4 heteroatoms. The Kier molecular flexibility index (Phi) is 3.97. The number of benzene rings is 1. The van der Waals surface area contributed by atoms with E-state index in [1.165, 1.54) is 5.56 Å². The fraction of sp³-hybridized carbons (Fsp3) is 0.357. The minimum absolute atomic E-state index is 0.00279. The van der Waals surface area contributed by atoms with E-state index in [1.54, 1.807) is 6.07 Å². The maximum absolute atomic E-state index is 10.8. The average molecular weight is 264 g/mol. The van der Waals surface area contributed by atoms with Crippen molar-refractivity contribution in [1.29, 1.82) is 0 Å². The molecule has 1 aromatic heterocycles. The van der Waals surface area contributed by atoms with Crippen LogP contribution in [0.2, 0.25) is 0 Å². The maximum Gasteiger partial charge on any atom is 0.371 e. The van der Waals surface area contributed by atoms with E-state index in [0.717, 1.165) is 16.9 Å². The van der Waals surface area contributed by atoms with Crippen molar-refractivity contribution in [2.75, 3.05) is 5.75 Å². The molecule has 2 aromatic rings. The van der Waals surface area contributed by atoms with Crippen molar-refractivity contribution >= 4 is 28.7 Å². The smallest absolute Gasteiger partial charge is 0.371 e. The summed E-state index contributed by atoms with van der Waals surface area (Å²) in [6, 6.07) is 7.41. The molecule has 1 aromatic carbocycles. The van der Waals surface area contributed by atoms with Crippen molar-refractivity contribution in [2.45, 2.75) is 19.6 Å². The van der Waals surface area contributed by atoms with Crippen molar-refractivity contribution in [3.05, 3.63) is 35.6 Å². The Hall–Kier alpha value is -1.42. The molecule has 0 unspecified atom stereocenters. The van der Waals surface area contributed by atoms with Gasteiger partial charge in [-0.25, -0.2) is 4.79 Å². The summed E-state index contributed by atoms with van der Waals surface area (Å²) in [6.45, 7) is 4.40. The van der Waals surface area contributed by atoms with Crippen molar-refractivity contribution < 1.29 is 14.3 Å². The molecule has 1 N–H and O–H groups in total. The molecule has 96 valence electrons. The molecule has 0 saturated carbocycles. The molecular weight excluding hydrogens is 248 g/mol. The highest BCUT2D eigenvalue weighted by atomic mass is 32.2. The van der Waals surface area contributed by atoms with Gasteiger partial charge in [-0.2, -0.15) is 11.8 Å². The standard InChI is InChI=1S/C14H16O3S/c1-9(2)7-18-8-10-3-4-12-11(5-10)6-13(17-12)14(15)16/h3-6,9H,7-8H2,1-2H3,(H,15,16). The lowest BCUT2D eigenvalue weighted by Gasteiger charge is -2.04. The number of furan rings is 1. The minimum atomic E-state index is -1.03. The van der Waals surface area contributed by atoms with E-state index in [1.807, 2.05) is 30.0 Å². The van der Waals surface area contributed by atoms with Crippen LogP contribution in [0.5, 0.6) is 0 Å². The predicted molar refractivity (Wildman–Crippen MR) is 74.2 cm³/mol. The summed E-state index contributed by atoms with van der Waals surface area (Å²) in [5, 5.41) is 9.72. The lowest BCUT2D eigenvalue weighted by molar-refractivity contribution is 0.0665. The average Bonchev–Trinajstić information content (AvgIpc) is 2.71. The number of hydrogen-bond donors (Lipinski definition) is 1. The van der Waals surface area contributed by atoms with Crippen molar-refractivity contribution in [1.82, 2.24) is 0 Å². The van der Waals surface area contributed by atoms with Gasteiger partial charge in [-0.05, 0) is 35.4 Å². The van der Waals surface area contributed by atoms with E-state index in [4.69, 9.17) is 9.52 Å². The Morgan fingerprint density at radius 3 is 2.83 bits per heavy atom. The fourth-order valence-corrected chi connectivity index (χ4v) is 2.70. The third-order valence-corrected chi connectivity index (χ3v) is 3.95. The zero-order valence-electron chi connectivity index (χ0n) is 10.5. The molecule has 0 saturated heterocycles. The van der Waals surface area contributed by atoms with Crippen LogP contribution in [0.1, 0.15) is 30.0 Å². The quantitative estimate of drug-likeness (QED) is 0.886. The van der Waals surface area contributed by atoms with Gasteiger partial charge in [-0.3, -0.25) is 0 Å². The van der Waals surface area contributed by atoms with E-state index >= 15 is 0 Å². The molecule has 1 heterocycles. The Morgan fingerprint density at radius 1 is 1.39 bits per heavy atom. The van der Waals surface area contributed by atoms with E-state index in [0.29, 0.717) is 11.5 Å². The molecule has 0 spiro atoms. The van der Waals surface area contributed by atoms with Crippen LogP contribution in [-0.2, 0) is 5.75 Å². The molecule has 2 rings (SSSR count). The highest BCUT2D eigenvalue weighted by Gasteiger charge is 2.10. The molecule has 18 heavy (non-hydrogen) atoms. The van der Waals surface area contributed by atoms with Crippen LogP contribution < -0.4 is 0 Å². The Bertz CT molecular complexity index is 557. The molecule has 0 fully saturated rings. The normalized spacial score (nSPS) is 11.3. The molecule has 0 amide bonds. The van der Waals surface area contributed by atoms with Gasteiger partial charge in [0.25, 0.3) is 0 Å². The number of fused-ring (bicyclic) bond motifs is 1. The van der Waals surface area contributed by atoms with Crippen LogP contribution in [0, 0.1) is 5.92 Å². The van der Waals surface area contributed by atoms with Crippen molar-refractivity contribution in [2.24, 2.45) is 5.92 Å². The zero-order chi connectivity index (χ0) is 13.1. The second-order valence-electron chi connectivity index (χ2n) is 4.70. The number of carboxylic acids is 1. The molecule has 0 aliphatic carbocycles. The van der Waals surface area contributed by atoms with Gasteiger partial charge >= 0.3 is 5.97 Å². The zero-order valence-corrected chi connectivity index (χ0v) is 11.3. The van der Waals surface area contributed by atoms with Gasteiger partial charge in [0.1, 0.15) is 5.58 Å². The third kappa shape index (κ3) is 3.07. The number of carboxylic acid groups (broad SMARTS) is 1. The number of rotatable bonds is 5. The minimum Gasteiger partial charge on any atom is -0.475 e. The van der Waals surface area contributed by atoms with E-state index in [2.05, 4.69) is 13.8 Å². The van der Waals surface area contributed by atoms with E-state index in [-0.39, 0.29) is 5.76 Å². The largest absolute Gasteiger partial charge is 0.475 e. The first-order chi connectivity index (χ1) is 8.56. The summed E-state index contributed by atoms with van der Waals surface area (Å²) in [5.41, 5.74) is 1.83. The lowest BCUT2D eigenvalue weighted by atomic mass is 10.2. The summed E-state index contributed by atoms with van der Waals surface area (Å²) in [7, 11) is 0. The first-order valence-corrected chi connectivity index (χ1v) is 7.05. The van der Waals surface area contributed by atoms with Gasteiger partial charge in [0.2, 0.25) is 5.76 Å². The van der Waals surface area contributed by atoms with E-state index < -0.39 is 5.97 Å². The van der Waals surface area contributed by atoms with E-state index in [9.17, 15) is 4.79 Å². The third-order valence-electron chi connectivity index (χ3n) is 2.51. The molecule has 3 nitrogen and oxygen atoms in total. The van der Waals surface area contributed by atoms with Crippen LogP contribution in [0.3, 0.4) is 0 Å². The van der Waals surface area contributed by atoms with Crippen molar-refractivity contribution in [3.63, 3.8) is 0 Å². The van der Waals surface area contributed by atoms with Crippen LogP contribution in [0.15, 0.2) is 28.7 Å². The molecule has 0 atom stereocenters. The number of thioether (sulfide) groups is 1. The van der Waals surface area contributed by atoms with Gasteiger partial charge in [0.05, 0.1) is 0 Å². The first-order valence-electron chi connectivity index (χ1n) is 5.90. The monoisotopic (exact) mass is 264 g/mol. The van der Waals surface area contributed by atoms with Gasteiger partial charge in [0.15, 0.2) is 0 Å². The Labute approximate surface area is 110 Å². The second kappa shape index (κ2) is 5.48. The van der Waals surface area contributed by atoms with Crippen molar-refractivity contribution in [3.8, 4) is 0 Å². The molecule has 0 radical (unpaired) electrons. The fourth-order valence-electron chi connectivity index (χ4n) is 1.70. The maximum atomic E-state index is 10.8. The summed E-state index contributed by atoms with van der Waals surface area (Å²) in [4.78, 5) is 10.8.